The summed E-state index contributed by atoms with van der Waals surface area (Å²) in [7, 11) is 3.98. The molecule has 0 fully saturated rings. The van der Waals surface area contributed by atoms with Crippen molar-refractivity contribution in [1.29, 1.82) is 0 Å². The van der Waals surface area contributed by atoms with E-state index in [0.717, 1.165) is 46.9 Å². The van der Waals surface area contributed by atoms with Crippen LogP contribution in [0.2, 0.25) is 0 Å². The van der Waals surface area contributed by atoms with Crippen LogP contribution in [0.25, 0.3) is 28.3 Å². The van der Waals surface area contributed by atoms with Gasteiger partial charge in [0.1, 0.15) is 11.6 Å². The molecule has 2 N–H and O–H groups in total. The van der Waals surface area contributed by atoms with Gasteiger partial charge < -0.3 is 10.2 Å². The summed E-state index contributed by atoms with van der Waals surface area (Å²) in [5.74, 6) is 2.72. The molecule has 0 aliphatic heterocycles. The van der Waals surface area contributed by atoms with E-state index in [1.54, 1.807) is 6.20 Å². The number of nitrogens with one attached hydrogen (secondary N) is 2. The number of hydrogen-bond donors (Lipinski definition) is 2. The van der Waals surface area contributed by atoms with E-state index in [2.05, 4.69) is 51.1 Å². The highest BCUT2D eigenvalue weighted by molar-refractivity contribution is 5.77. The lowest BCUT2D eigenvalue weighted by atomic mass is 10.0. The third-order valence-corrected chi connectivity index (χ3v) is 4.24. The summed E-state index contributed by atoms with van der Waals surface area (Å²) < 4.78 is 0. The van der Waals surface area contributed by atoms with E-state index in [9.17, 15) is 0 Å². The van der Waals surface area contributed by atoms with Crippen molar-refractivity contribution in [2.45, 2.75) is 20.3 Å². The maximum Gasteiger partial charge on any atom is 0.186 e. The van der Waals surface area contributed by atoms with Gasteiger partial charge in [-0.05, 0) is 30.5 Å². The zero-order valence-corrected chi connectivity index (χ0v) is 17.4. The van der Waals surface area contributed by atoms with E-state index in [-0.39, 0.29) is 0 Å². The van der Waals surface area contributed by atoms with Crippen LogP contribution in [-0.4, -0.2) is 50.7 Å². The maximum atomic E-state index is 4.78. The second-order valence-electron chi connectivity index (χ2n) is 6.96. The highest BCUT2D eigenvalue weighted by Crippen LogP contribution is 2.27. The molecule has 1 aromatic carbocycles. The minimum atomic E-state index is 0.587. The molecule has 0 spiro atoms. The number of nitrogens with zero attached hydrogens (tertiary/aromatic N) is 5. The lowest BCUT2D eigenvalue weighted by Crippen LogP contribution is -2.06. The van der Waals surface area contributed by atoms with E-state index >= 15 is 0 Å². The molecule has 0 aliphatic rings. The van der Waals surface area contributed by atoms with Gasteiger partial charge in [-0.15, -0.1) is 0 Å². The molecular weight excluding hydrogens is 362 g/mol. The molecule has 0 radical (unpaired) electrons. The van der Waals surface area contributed by atoms with Gasteiger partial charge in [0.15, 0.2) is 11.6 Å². The third-order valence-electron chi connectivity index (χ3n) is 4.24. The van der Waals surface area contributed by atoms with E-state index in [1.165, 1.54) is 0 Å². The highest BCUT2D eigenvalue weighted by atomic mass is 15.2. The Labute approximate surface area is 171 Å². The number of benzene rings is 1. The monoisotopic (exact) mass is 389 g/mol. The van der Waals surface area contributed by atoms with Gasteiger partial charge in [0.2, 0.25) is 0 Å². The molecule has 3 aromatic rings. The maximum absolute atomic E-state index is 4.78. The second kappa shape index (κ2) is 9.14. The highest BCUT2D eigenvalue weighted by Gasteiger charge is 2.14. The Morgan fingerprint density at radius 2 is 2.07 bits per heavy atom. The summed E-state index contributed by atoms with van der Waals surface area (Å²) in [6.07, 6.45) is 6.65. The van der Waals surface area contributed by atoms with Gasteiger partial charge in [-0.2, -0.15) is 5.10 Å². The van der Waals surface area contributed by atoms with Crippen molar-refractivity contribution in [3.8, 4) is 22.8 Å². The molecule has 0 atom stereocenters. The number of hydrogen-bond acceptors (Lipinski definition) is 6. The van der Waals surface area contributed by atoms with Crippen LogP contribution in [0.15, 0.2) is 49.3 Å². The van der Waals surface area contributed by atoms with Crippen molar-refractivity contribution in [1.82, 2.24) is 30.0 Å². The van der Waals surface area contributed by atoms with E-state index in [0.29, 0.717) is 11.6 Å². The largest absolute Gasteiger partial charge is 0.383 e. The van der Waals surface area contributed by atoms with E-state index < -0.39 is 0 Å². The number of rotatable bonds is 8. The van der Waals surface area contributed by atoms with Gasteiger partial charge in [0.25, 0.3) is 0 Å². The molecule has 2 heterocycles. The summed E-state index contributed by atoms with van der Waals surface area (Å²) in [5.41, 5.74) is 3.81. The van der Waals surface area contributed by atoms with Crippen molar-refractivity contribution in [3.63, 3.8) is 0 Å². The average molecular weight is 390 g/mol. The molecule has 29 heavy (non-hydrogen) atoms. The number of aromatic amines is 1. The predicted molar refractivity (Wildman–Crippen MR) is 118 cm³/mol. The van der Waals surface area contributed by atoms with Crippen LogP contribution in [0.5, 0.6) is 0 Å². The second-order valence-corrected chi connectivity index (χ2v) is 6.96. The summed E-state index contributed by atoms with van der Waals surface area (Å²) in [6.45, 7) is 8.72. The fourth-order valence-corrected chi connectivity index (χ4v) is 2.89. The quantitative estimate of drug-likeness (QED) is 0.563. The summed E-state index contributed by atoms with van der Waals surface area (Å²) >= 11 is 0. The van der Waals surface area contributed by atoms with Gasteiger partial charge in [0.05, 0.1) is 5.56 Å². The first-order valence-corrected chi connectivity index (χ1v) is 9.63. The van der Waals surface area contributed by atoms with Crippen LogP contribution in [0, 0.1) is 6.92 Å². The Balaban J connectivity index is 2.03. The standard InChI is InChI=1S/C22H27N7/c1-6-11-23-21-19(22-25-15(3)27-28-22)13-24-20(26-21)18-10-8-9-17(12-18)16(7-2)14-29(4)5/h7-10,12-14H,2,6,11H2,1,3-5H3,(H,23,24,26)(H,25,27,28)/b16-14+. The third kappa shape index (κ3) is 4.87. The molecule has 0 saturated heterocycles. The molecule has 0 aliphatic carbocycles. The van der Waals surface area contributed by atoms with Crippen molar-refractivity contribution in [2.24, 2.45) is 0 Å². The van der Waals surface area contributed by atoms with Gasteiger partial charge in [-0.3, -0.25) is 5.10 Å². The van der Waals surface area contributed by atoms with Crippen molar-refractivity contribution < 1.29 is 0 Å². The molecule has 0 saturated carbocycles. The summed E-state index contributed by atoms with van der Waals surface area (Å²) in [5, 5.41) is 10.5. The molecule has 0 unspecified atom stereocenters. The fourth-order valence-electron chi connectivity index (χ4n) is 2.89. The van der Waals surface area contributed by atoms with Crippen molar-refractivity contribution in [2.75, 3.05) is 26.0 Å². The molecular formula is C22H27N7. The van der Waals surface area contributed by atoms with Crippen molar-refractivity contribution >= 4 is 11.4 Å². The Morgan fingerprint density at radius 3 is 2.72 bits per heavy atom. The number of aromatic nitrogens is 5. The first kappa shape index (κ1) is 20.3. The molecule has 3 rings (SSSR count). The lowest BCUT2D eigenvalue weighted by molar-refractivity contribution is 0.566. The van der Waals surface area contributed by atoms with Crippen LogP contribution < -0.4 is 5.32 Å². The SMILES string of the molecule is C=C/C(=C\N(C)C)c1cccc(-c2ncc(-c3n[nH]c(C)n3)c(NCCC)n2)c1. The average Bonchev–Trinajstić information content (AvgIpc) is 3.16. The molecule has 150 valence electrons. The van der Waals surface area contributed by atoms with Gasteiger partial charge in [-0.1, -0.05) is 37.8 Å². The van der Waals surface area contributed by atoms with Crippen LogP contribution in [0.3, 0.4) is 0 Å². The summed E-state index contributed by atoms with van der Waals surface area (Å²) in [4.78, 5) is 15.8. The summed E-state index contributed by atoms with van der Waals surface area (Å²) in [6, 6.07) is 8.15. The topological polar surface area (TPSA) is 82.6 Å². The van der Waals surface area contributed by atoms with Crippen LogP contribution >= 0.6 is 0 Å². The number of allylic oxidation sites excluding steroid dienone is 2. The van der Waals surface area contributed by atoms with Crippen molar-refractivity contribution in [3.05, 3.63) is 60.7 Å². The molecule has 0 amide bonds. The number of anilines is 1. The zero-order chi connectivity index (χ0) is 20.8. The van der Waals surface area contributed by atoms with Gasteiger partial charge in [0, 0.05) is 38.6 Å². The molecule has 7 nitrogen and oxygen atoms in total. The first-order valence-electron chi connectivity index (χ1n) is 9.63. The zero-order valence-electron chi connectivity index (χ0n) is 17.4. The number of H-pyrrole nitrogens is 1. The predicted octanol–water partition coefficient (Wildman–Crippen LogP) is 4.15. The molecule has 0 bridgehead atoms. The fraction of sp³-hybridized carbons (Fsp3) is 0.273. The van der Waals surface area contributed by atoms with Crippen LogP contribution in [-0.2, 0) is 0 Å². The normalized spacial score (nSPS) is 11.4. The van der Waals surface area contributed by atoms with Gasteiger partial charge >= 0.3 is 0 Å². The Kier molecular flexibility index (Phi) is 6.39. The van der Waals surface area contributed by atoms with Gasteiger partial charge in [-0.25, -0.2) is 15.0 Å². The van der Waals surface area contributed by atoms with Crippen LogP contribution in [0.1, 0.15) is 24.7 Å². The molecule has 7 heteroatoms. The number of aryl methyl sites for hydroxylation is 1. The smallest absolute Gasteiger partial charge is 0.186 e. The van der Waals surface area contributed by atoms with E-state index in [4.69, 9.17) is 4.98 Å². The first-order chi connectivity index (χ1) is 14.0. The molecule has 2 aromatic heterocycles. The lowest BCUT2D eigenvalue weighted by Gasteiger charge is -2.12. The minimum Gasteiger partial charge on any atom is -0.383 e. The van der Waals surface area contributed by atoms with Crippen LogP contribution in [0.4, 0.5) is 5.82 Å². The Morgan fingerprint density at radius 1 is 1.24 bits per heavy atom. The van der Waals surface area contributed by atoms with E-state index in [1.807, 2.05) is 50.3 Å². The Bertz CT molecular complexity index is 1020. The minimum absolute atomic E-state index is 0.587. The Hall–Kier alpha value is -3.48.